The maximum Gasteiger partial charge on any atom is 0.481 e. The Morgan fingerprint density at radius 2 is 1.23 bits per heavy atom. The highest BCUT2D eigenvalue weighted by atomic mass is 31.3. The summed E-state index contributed by atoms with van der Waals surface area (Å²) >= 11 is 0. The Hall–Kier alpha value is -4.36. The third kappa shape index (κ3) is 31.9. The molecular formula is C52H81N3O16P2. The molecule has 0 aliphatic carbocycles. The number of unbranched alkanes of at least 4 members (excludes halogenated alkanes) is 5. The number of anilines is 1. The predicted octanol–water partition coefficient (Wildman–Crippen LogP) is 9.41. The van der Waals surface area contributed by atoms with Crippen molar-refractivity contribution in [3.63, 3.8) is 0 Å². The molecule has 410 valence electrons. The summed E-state index contributed by atoms with van der Waals surface area (Å²) in [4.78, 5) is 61.9. The molecule has 1 fully saturated rings. The van der Waals surface area contributed by atoms with Crippen LogP contribution in [0.25, 0.3) is 0 Å². The van der Waals surface area contributed by atoms with Crippen molar-refractivity contribution in [1.29, 1.82) is 0 Å². The van der Waals surface area contributed by atoms with Gasteiger partial charge in [0.2, 0.25) is 0 Å². The number of allylic oxidation sites excluding steroid dienone is 16. The highest BCUT2D eigenvalue weighted by Crippen LogP contribution is 2.60. The van der Waals surface area contributed by atoms with Crippen molar-refractivity contribution >= 4 is 33.4 Å². The number of carbonyl (C=O) groups is 2. The van der Waals surface area contributed by atoms with E-state index < -0.39 is 83.7 Å². The molecule has 73 heavy (non-hydrogen) atoms. The molecule has 2 rings (SSSR count). The number of carbonyl (C=O) groups excluding carboxylic acids is 2. The summed E-state index contributed by atoms with van der Waals surface area (Å²) in [5, 5.41) is 30.5. The van der Waals surface area contributed by atoms with Crippen LogP contribution < -0.4 is 11.4 Å². The lowest BCUT2D eigenvalue weighted by Crippen LogP contribution is -2.36. The van der Waals surface area contributed by atoms with Gasteiger partial charge in [-0.3, -0.25) is 23.2 Å². The molecule has 1 aromatic heterocycles. The molecule has 1 saturated heterocycles. The quantitative estimate of drug-likeness (QED) is 0.0154. The van der Waals surface area contributed by atoms with E-state index in [9.17, 15) is 48.6 Å². The Balaban J connectivity index is 1.84. The largest absolute Gasteiger partial charge is 0.481 e. The summed E-state index contributed by atoms with van der Waals surface area (Å²) in [7, 11) is -10.9. The van der Waals surface area contributed by atoms with Gasteiger partial charge in [0.25, 0.3) is 0 Å². The van der Waals surface area contributed by atoms with Gasteiger partial charge in [-0.15, -0.1) is 0 Å². The number of aromatic nitrogens is 2. The lowest BCUT2D eigenvalue weighted by Gasteiger charge is -2.21. The second kappa shape index (κ2) is 39.1. The van der Waals surface area contributed by atoms with E-state index in [0.29, 0.717) is 25.7 Å². The molecule has 19 nitrogen and oxygen atoms in total. The first kappa shape index (κ1) is 64.8. The highest BCUT2D eigenvalue weighted by Gasteiger charge is 2.46. The first-order chi connectivity index (χ1) is 35.1. The Morgan fingerprint density at radius 1 is 0.712 bits per heavy atom. The van der Waals surface area contributed by atoms with Crippen LogP contribution in [0.4, 0.5) is 5.82 Å². The van der Waals surface area contributed by atoms with Crippen molar-refractivity contribution < 1.29 is 71.4 Å². The number of phosphoric acid groups is 2. The number of hydrogen-bond donors (Lipinski definition) is 6. The van der Waals surface area contributed by atoms with Crippen LogP contribution in [0, 0.1) is 0 Å². The number of nitrogens with two attached hydrogens (primary N) is 1. The fourth-order valence-electron chi connectivity index (χ4n) is 6.75. The van der Waals surface area contributed by atoms with Gasteiger partial charge in [0, 0.05) is 19.0 Å². The van der Waals surface area contributed by atoms with Crippen molar-refractivity contribution in [3.8, 4) is 0 Å². The third-order valence-corrected chi connectivity index (χ3v) is 13.4. The molecule has 0 radical (unpaired) electrons. The zero-order valence-corrected chi connectivity index (χ0v) is 44.3. The first-order valence-electron chi connectivity index (χ1n) is 25.3. The van der Waals surface area contributed by atoms with Gasteiger partial charge in [-0.25, -0.2) is 13.9 Å². The Bertz CT molecular complexity index is 2120. The summed E-state index contributed by atoms with van der Waals surface area (Å²) in [6.07, 6.45) is 40.1. The SMILES string of the molecule is CC/C=C\C/C=C\C/C=C\C/C=C\CCCCCCC(=O)OC[C@H](COP(=O)(O)OP(=O)(O)OC[C@H]1O[C@@H](n2ccc(N)nc2=O)[C@H](O)[C@@H]1O)OC(=O)CCC/C=C\C/C=C\C/C=C\C/C=C\CC[C@H](O)CC. The molecule has 0 saturated carbocycles. The summed E-state index contributed by atoms with van der Waals surface area (Å²) in [5.74, 6) is -1.43. The van der Waals surface area contributed by atoms with Gasteiger partial charge in [0.05, 0.1) is 19.3 Å². The number of aliphatic hydroxyl groups excluding tert-OH is 3. The number of aliphatic hydroxyl groups is 3. The molecule has 0 spiro atoms. The van der Waals surface area contributed by atoms with E-state index in [1.54, 1.807) is 0 Å². The molecule has 0 bridgehead atoms. The zero-order chi connectivity index (χ0) is 53.6. The molecule has 1 aromatic rings. The van der Waals surface area contributed by atoms with E-state index in [1.807, 2.05) is 25.2 Å². The molecule has 21 heteroatoms. The molecule has 1 aliphatic heterocycles. The van der Waals surface area contributed by atoms with Crippen molar-refractivity contribution in [1.82, 2.24) is 9.55 Å². The van der Waals surface area contributed by atoms with Gasteiger partial charge in [-0.05, 0) is 102 Å². The van der Waals surface area contributed by atoms with E-state index in [0.717, 1.165) is 94.2 Å². The Kier molecular flexibility index (Phi) is 34.7. The average molecular weight is 1070 g/mol. The van der Waals surface area contributed by atoms with Gasteiger partial charge in [-0.2, -0.15) is 9.29 Å². The monoisotopic (exact) mass is 1070 g/mol. The summed E-state index contributed by atoms with van der Waals surface area (Å²) in [6, 6.07) is 1.24. The van der Waals surface area contributed by atoms with Crippen molar-refractivity contribution in [2.75, 3.05) is 25.6 Å². The normalized spacial score (nSPS) is 20.2. The van der Waals surface area contributed by atoms with E-state index >= 15 is 0 Å². The molecule has 0 aromatic carbocycles. The van der Waals surface area contributed by atoms with Crippen LogP contribution in [0.15, 0.2) is 114 Å². The lowest BCUT2D eigenvalue weighted by atomic mass is 10.1. The van der Waals surface area contributed by atoms with Crippen LogP contribution >= 0.6 is 15.6 Å². The van der Waals surface area contributed by atoms with Crippen molar-refractivity contribution in [2.24, 2.45) is 0 Å². The predicted molar refractivity (Wildman–Crippen MR) is 281 cm³/mol. The van der Waals surface area contributed by atoms with Gasteiger partial charge in [0.15, 0.2) is 12.3 Å². The second-order valence-corrected chi connectivity index (χ2v) is 20.1. The zero-order valence-electron chi connectivity index (χ0n) is 42.5. The molecular weight excluding hydrogens is 985 g/mol. The Labute approximate surface area is 431 Å². The van der Waals surface area contributed by atoms with E-state index in [4.69, 9.17) is 29.0 Å². The van der Waals surface area contributed by atoms with Crippen LogP contribution in [0.2, 0.25) is 0 Å². The van der Waals surface area contributed by atoms with Crippen LogP contribution in [-0.2, 0) is 46.3 Å². The highest BCUT2D eigenvalue weighted by molar-refractivity contribution is 7.61. The number of esters is 2. The molecule has 7 N–H and O–H groups in total. The summed E-state index contributed by atoms with van der Waals surface area (Å²) in [5.41, 5.74) is 4.57. The fourth-order valence-corrected chi connectivity index (χ4v) is 8.86. The molecule has 0 amide bonds. The van der Waals surface area contributed by atoms with Gasteiger partial charge < -0.3 is 45.1 Å². The molecule has 1 aliphatic rings. The number of nitrogens with zero attached hydrogens (tertiary/aromatic N) is 2. The number of ether oxygens (including phenoxy) is 3. The van der Waals surface area contributed by atoms with Crippen molar-refractivity contribution in [2.45, 2.75) is 173 Å². The number of hydrogen-bond acceptors (Lipinski definition) is 16. The van der Waals surface area contributed by atoms with Crippen molar-refractivity contribution in [3.05, 3.63) is 120 Å². The topological polar surface area (TPSA) is 286 Å². The lowest BCUT2D eigenvalue weighted by molar-refractivity contribution is -0.161. The van der Waals surface area contributed by atoms with E-state index in [-0.39, 0.29) is 24.8 Å². The van der Waals surface area contributed by atoms with Crippen LogP contribution in [-0.4, -0.2) is 96.9 Å². The molecule has 2 unspecified atom stereocenters. The number of phosphoric ester groups is 2. The maximum atomic E-state index is 12.8. The minimum absolute atomic E-state index is 0.0505. The van der Waals surface area contributed by atoms with Crippen LogP contribution in [0.5, 0.6) is 0 Å². The molecule has 8 atom stereocenters. The third-order valence-electron chi connectivity index (χ3n) is 10.8. The van der Waals surface area contributed by atoms with Gasteiger partial charge >= 0.3 is 33.3 Å². The fraction of sp³-hybridized carbons (Fsp3) is 0.577. The standard InChI is InChI=1S/C52H81N3O16P2/c1-3-5-6-7-8-9-10-11-12-13-14-18-21-24-27-30-33-36-47(57)66-40-44(69-48(58)37-34-31-28-25-22-19-16-15-17-20-23-26-29-32-35-43(56)4-2)41-67-72(62,63)71-73(64,65)68-42-45-49(59)50(60)51(70-45)55-39-38-46(53)54-52(55)61/h5-6,8-9,11-12,14,16-20,25-26,28-29,38-39,43-45,49-51,56,59-60H,3-4,7,10,13,15,21-24,27,30-37,40-42H2,1-2H3,(H,62,63)(H,64,65)(H2,53,54,61)/b6-5-,9-8-,12-11-,18-14-,19-16-,20-17-,28-25-,29-26-/t43-,44-,45-,49-,50-,51-/m1/s1. The van der Waals surface area contributed by atoms with Crippen LogP contribution in [0.1, 0.15) is 142 Å². The summed E-state index contributed by atoms with van der Waals surface area (Å²) in [6.45, 7) is 1.67. The summed E-state index contributed by atoms with van der Waals surface area (Å²) < 4.78 is 56.7. The van der Waals surface area contributed by atoms with Gasteiger partial charge in [0.1, 0.15) is 30.7 Å². The number of rotatable bonds is 40. The van der Waals surface area contributed by atoms with E-state index in [2.05, 4.69) is 95.2 Å². The second-order valence-electron chi connectivity index (χ2n) is 17.1. The van der Waals surface area contributed by atoms with E-state index in [1.165, 1.54) is 6.07 Å². The first-order valence-corrected chi connectivity index (χ1v) is 28.3. The maximum absolute atomic E-state index is 12.8. The minimum Gasteiger partial charge on any atom is -0.462 e. The number of nitrogen functional groups attached to an aromatic ring is 1. The smallest absolute Gasteiger partial charge is 0.462 e. The van der Waals surface area contributed by atoms with Crippen LogP contribution in [0.3, 0.4) is 0 Å². The Morgan fingerprint density at radius 3 is 1.81 bits per heavy atom. The minimum atomic E-state index is -5.45. The van der Waals surface area contributed by atoms with Gasteiger partial charge in [-0.1, -0.05) is 124 Å². The molecule has 2 heterocycles. The average Bonchev–Trinajstić information content (AvgIpc) is 3.63.